The number of benzene rings is 1. The lowest BCUT2D eigenvalue weighted by Gasteiger charge is -2.17. The van der Waals surface area contributed by atoms with Crippen LogP contribution in [0.25, 0.3) is 0 Å². The molecule has 0 fully saturated rings. The molecule has 0 atom stereocenters. The smallest absolute Gasteiger partial charge is 0.168 e. The highest BCUT2D eigenvalue weighted by Crippen LogP contribution is 2.44. The molecular weight excluding hydrogens is 232 g/mol. The lowest BCUT2D eigenvalue weighted by atomic mass is 10.2. The van der Waals surface area contributed by atoms with E-state index in [1.807, 2.05) is 0 Å². The SMILES string of the molecule is COc1c(N)cc(Cl)c(OC)c1NCCO. The number of hydrogen-bond acceptors (Lipinski definition) is 5. The van der Waals surface area contributed by atoms with Gasteiger partial charge in [-0.25, -0.2) is 0 Å². The fraction of sp³-hybridized carbons (Fsp3) is 0.400. The van der Waals surface area contributed by atoms with Gasteiger partial charge in [0.05, 0.1) is 31.5 Å². The summed E-state index contributed by atoms with van der Waals surface area (Å²) < 4.78 is 10.3. The topological polar surface area (TPSA) is 76.7 Å². The highest BCUT2D eigenvalue weighted by atomic mass is 35.5. The Labute approximate surface area is 99.1 Å². The van der Waals surface area contributed by atoms with Gasteiger partial charge in [0.1, 0.15) is 5.69 Å². The third-order valence-corrected chi connectivity index (χ3v) is 2.32. The maximum atomic E-state index is 8.78. The molecule has 0 aliphatic carbocycles. The van der Waals surface area contributed by atoms with Crippen LogP contribution in [0.3, 0.4) is 0 Å². The number of nitrogens with one attached hydrogen (secondary N) is 1. The van der Waals surface area contributed by atoms with Crippen LogP contribution in [0, 0.1) is 0 Å². The maximum Gasteiger partial charge on any atom is 0.168 e. The Balaban J connectivity index is 3.25. The number of aliphatic hydroxyl groups is 1. The van der Waals surface area contributed by atoms with E-state index in [1.165, 1.54) is 14.2 Å². The van der Waals surface area contributed by atoms with Crippen molar-refractivity contribution in [1.82, 2.24) is 0 Å². The number of halogens is 1. The van der Waals surface area contributed by atoms with Crippen molar-refractivity contribution in [2.24, 2.45) is 0 Å². The summed E-state index contributed by atoms with van der Waals surface area (Å²) >= 11 is 5.98. The number of nitrogen functional groups attached to an aromatic ring is 1. The van der Waals surface area contributed by atoms with Crippen LogP contribution in [-0.2, 0) is 0 Å². The third-order valence-electron chi connectivity index (χ3n) is 2.04. The molecule has 0 aliphatic rings. The Morgan fingerprint density at radius 2 is 2.00 bits per heavy atom. The first-order valence-corrected chi connectivity index (χ1v) is 5.08. The quantitative estimate of drug-likeness (QED) is 0.684. The van der Waals surface area contributed by atoms with Crippen molar-refractivity contribution in [1.29, 1.82) is 0 Å². The summed E-state index contributed by atoms with van der Waals surface area (Å²) in [5, 5.41) is 12.1. The molecule has 0 amide bonds. The molecule has 5 nitrogen and oxygen atoms in total. The Morgan fingerprint density at radius 3 is 2.50 bits per heavy atom. The van der Waals surface area contributed by atoms with Crippen molar-refractivity contribution in [3.8, 4) is 11.5 Å². The van der Waals surface area contributed by atoms with Gasteiger partial charge in [0.25, 0.3) is 0 Å². The first kappa shape index (κ1) is 12.7. The molecule has 0 unspecified atom stereocenters. The molecule has 0 saturated carbocycles. The summed E-state index contributed by atoms with van der Waals surface area (Å²) in [7, 11) is 3.00. The van der Waals surface area contributed by atoms with E-state index in [1.54, 1.807) is 6.07 Å². The molecule has 0 spiro atoms. The summed E-state index contributed by atoms with van der Waals surface area (Å²) in [4.78, 5) is 0. The number of methoxy groups -OCH3 is 2. The molecule has 16 heavy (non-hydrogen) atoms. The van der Waals surface area contributed by atoms with Gasteiger partial charge in [0.15, 0.2) is 11.5 Å². The molecule has 0 aromatic heterocycles. The number of anilines is 2. The molecule has 0 saturated heterocycles. The van der Waals surface area contributed by atoms with Crippen molar-refractivity contribution < 1.29 is 14.6 Å². The lowest BCUT2D eigenvalue weighted by molar-refractivity contribution is 0.310. The molecule has 1 rings (SSSR count). The van der Waals surface area contributed by atoms with Gasteiger partial charge in [0, 0.05) is 6.54 Å². The number of hydrogen-bond donors (Lipinski definition) is 3. The van der Waals surface area contributed by atoms with Crippen molar-refractivity contribution in [2.45, 2.75) is 0 Å². The fourth-order valence-electron chi connectivity index (χ4n) is 1.40. The number of aliphatic hydroxyl groups excluding tert-OH is 1. The predicted molar refractivity (Wildman–Crippen MR) is 64.5 cm³/mol. The Morgan fingerprint density at radius 1 is 1.38 bits per heavy atom. The van der Waals surface area contributed by atoms with Crippen LogP contribution >= 0.6 is 11.6 Å². The third kappa shape index (κ3) is 2.43. The van der Waals surface area contributed by atoms with Crippen LogP contribution in [0.5, 0.6) is 11.5 Å². The van der Waals surface area contributed by atoms with E-state index in [9.17, 15) is 0 Å². The molecule has 0 bridgehead atoms. The summed E-state index contributed by atoms with van der Waals surface area (Å²) in [5.74, 6) is 0.899. The number of ether oxygens (including phenoxy) is 2. The van der Waals surface area contributed by atoms with Crippen LogP contribution in [0.2, 0.25) is 5.02 Å². The van der Waals surface area contributed by atoms with Gasteiger partial charge in [-0.1, -0.05) is 11.6 Å². The first-order chi connectivity index (χ1) is 7.65. The highest BCUT2D eigenvalue weighted by molar-refractivity contribution is 6.33. The van der Waals surface area contributed by atoms with Crippen LogP contribution in [0.4, 0.5) is 11.4 Å². The summed E-state index contributed by atoms with van der Waals surface area (Å²) in [6.45, 7) is 0.339. The molecule has 1 aromatic rings. The number of nitrogens with two attached hydrogens (primary N) is 1. The van der Waals surface area contributed by atoms with Gasteiger partial charge in [0.2, 0.25) is 0 Å². The van der Waals surface area contributed by atoms with Crippen molar-refractivity contribution >= 4 is 23.0 Å². The molecule has 0 heterocycles. The van der Waals surface area contributed by atoms with Gasteiger partial charge in [-0.2, -0.15) is 0 Å². The van der Waals surface area contributed by atoms with Crippen LogP contribution in [0.1, 0.15) is 0 Å². The van der Waals surface area contributed by atoms with Crippen LogP contribution in [0.15, 0.2) is 6.07 Å². The molecule has 1 aromatic carbocycles. The van der Waals surface area contributed by atoms with E-state index in [4.69, 9.17) is 31.9 Å². The van der Waals surface area contributed by atoms with E-state index < -0.39 is 0 Å². The van der Waals surface area contributed by atoms with Crippen molar-refractivity contribution in [2.75, 3.05) is 38.4 Å². The molecule has 0 radical (unpaired) electrons. The zero-order chi connectivity index (χ0) is 12.1. The molecule has 4 N–H and O–H groups in total. The van der Waals surface area contributed by atoms with Crippen molar-refractivity contribution in [3.05, 3.63) is 11.1 Å². The van der Waals surface area contributed by atoms with E-state index in [2.05, 4.69) is 5.32 Å². The van der Waals surface area contributed by atoms with Gasteiger partial charge in [-0.15, -0.1) is 0 Å². The first-order valence-electron chi connectivity index (χ1n) is 4.70. The Hall–Kier alpha value is -1.33. The zero-order valence-electron chi connectivity index (χ0n) is 9.21. The normalized spacial score (nSPS) is 10.0. The van der Waals surface area contributed by atoms with Crippen molar-refractivity contribution in [3.63, 3.8) is 0 Å². The van der Waals surface area contributed by atoms with E-state index in [0.717, 1.165) is 0 Å². The largest absolute Gasteiger partial charge is 0.493 e. The lowest BCUT2D eigenvalue weighted by Crippen LogP contribution is -2.09. The van der Waals surface area contributed by atoms with Gasteiger partial charge in [-0.3, -0.25) is 0 Å². The monoisotopic (exact) mass is 246 g/mol. The summed E-state index contributed by atoms with van der Waals surface area (Å²) in [6, 6.07) is 1.56. The maximum absolute atomic E-state index is 8.78. The average Bonchev–Trinajstić information content (AvgIpc) is 2.26. The second-order valence-electron chi connectivity index (χ2n) is 3.04. The second-order valence-corrected chi connectivity index (χ2v) is 3.45. The van der Waals surface area contributed by atoms with E-state index >= 15 is 0 Å². The minimum Gasteiger partial charge on any atom is -0.493 e. The number of rotatable bonds is 5. The highest BCUT2D eigenvalue weighted by Gasteiger charge is 2.17. The van der Waals surface area contributed by atoms with Gasteiger partial charge < -0.3 is 25.6 Å². The minimum atomic E-state index is -0.0152. The van der Waals surface area contributed by atoms with Gasteiger partial charge >= 0.3 is 0 Å². The minimum absolute atomic E-state index is 0.0152. The summed E-state index contributed by atoms with van der Waals surface area (Å²) in [5.41, 5.74) is 6.72. The Kier molecular flexibility index (Phi) is 4.52. The molecule has 90 valence electrons. The fourth-order valence-corrected chi connectivity index (χ4v) is 1.68. The molecule has 6 heteroatoms. The average molecular weight is 247 g/mol. The molecule has 0 aliphatic heterocycles. The second kappa shape index (κ2) is 5.67. The summed E-state index contributed by atoms with van der Waals surface area (Å²) in [6.07, 6.45) is 0. The van der Waals surface area contributed by atoms with Crippen LogP contribution < -0.4 is 20.5 Å². The van der Waals surface area contributed by atoms with E-state index in [0.29, 0.717) is 34.4 Å². The Bertz CT molecular complexity index is 343. The zero-order valence-corrected chi connectivity index (χ0v) is 9.97. The predicted octanol–water partition coefficient (Wildman–Crippen LogP) is 1.34. The molecular formula is C10H15ClN2O3. The van der Waals surface area contributed by atoms with Crippen LogP contribution in [-0.4, -0.2) is 32.5 Å². The van der Waals surface area contributed by atoms with Gasteiger partial charge in [-0.05, 0) is 6.07 Å². The van der Waals surface area contributed by atoms with E-state index in [-0.39, 0.29) is 6.61 Å². The standard InChI is InChI=1S/C10H15ClN2O3/c1-15-9-6(11)5-7(12)10(16-2)8(9)13-3-4-14/h5,13-14H,3-4,12H2,1-2H3.